The minimum atomic E-state index is -0.550. The topological polar surface area (TPSA) is 44.0 Å². The molecule has 1 aliphatic carbocycles. The molecule has 4 unspecified atom stereocenters. The third-order valence-corrected chi connectivity index (χ3v) is 3.83. The van der Waals surface area contributed by atoms with E-state index in [0.717, 1.165) is 12.0 Å². The normalized spacial score (nSPS) is 33.6. The first kappa shape index (κ1) is 11.4. The predicted molar refractivity (Wildman–Crippen MR) is 63.3 cm³/mol. The molecular formula is C13H14ClNO. The van der Waals surface area contributed by atoms with Crippen LogP contribution in [0.3, 0.4) is 0 Å². The van der Waals surface area contributed by atoms with E-state index in [-0.39, 0.29) is 11.3 Å². The van der Waals surface area contributed by atoms with Crippen LogP contribution in [0, 0.1) is 17.2 Å². The van der Waals surface area contributed by atoms with Gasteiger partial charge in [0.15, 0.2) is 0 Å². The largest absolute Gasteiger partial charge is 0.391 e. The first-order chi connectivity index (χ1) is 7.65. The lowest BCUT2D eigenvalue weighted by Gasteiger charge is -2.20. The van der Waals surface area contributed by atoms with Gasteiger partial charge in [0.1, 0.15) is 0 Å². The van der Waals surface area contributed by atoms with Crippen LogP contribution in [-0.4, -0.2) is 16.6 Å². The third-order valence-electron chi connectivity index (χ3n) is 3.39. The summed E-state index contributed by atoms with van der Waals surface area (Å²) in [6, 6.07) is 9.62. The van der Waals surface area contributed by atoms with Crippen LogP contribution >= 0.6 is 11.6 Å². The Hall–Kier alpha value is -1.04. The summed E-state index contributed by atoms with van der Waals surface area (Å²) < 4.78 is 0. The van der Waals surface area contributed by atoms with Crippen molar-refractivity contribution in [2.75, 3.05) is 0 Å². The highest BCUT2D eigenvalue weighted by atomic mass is 35.5. The van der Waals surface area contributed by atoms with Crippen molar-refractivity contribution in [3.8, 4) is 6.07 Å². The Morgan fingerprint density at radius 1 is 1.44 bits per heavy atom. The maximum atomic E-state index is 10.1. The van der Waals surface area contributed by atoms with Gasteiger partial charge in [-0.05, 0) is 24.0 Å². The van der Waals surface area contributed by atoms with Crippen LogP contribution in [-0.2, 0) is 0 Å². The van der Waals surface area contributed by atoms with E-state index in [4.69, 9.17) is 16.9 Å². The molecule has 1 saturated carbocycles. The van der Waals surface area contributed by atoms with Crippen LogP contribution < -0.4 is 0 Å². The number of aliphatic hydroxyl groups is 1. The van der Waals surface area contributed by atoms with Crippen molar-refractivity contribution in [2.24, 2.45) is 5.92 Å². The quantitative estimate of drug-likeness (QED) is 0.761. The molecule has 84 valence electrons. The highest BCUT2D eigenvalue weighted by Crippen LogP contribution is 2.42. The van der Waals surface area contributed by atoms with E-state index in [1.165, 1.54) is 0 Å². The molecule has 0 amide bonds. The summed E-state index contributed by atoms with van der Waals surface area (Å²) in [6.07, 6.45) is 0.249. The van der Waals surface area contributed by atoms with Crippen LogP contribution in [0.4, 0.5) is 0 Å². The molecule has 16 heavy (non-hydrogen) atoms. The number of rotatable bonds is 1. The zero-order valence-corrected chi connectivity index (χ0v) is 9.85. The fraction of sp³-hybridized carbons (Fsp3) is 0.462. The molecule has 1 fully saturated rings. The Morgan fingerprint density at radius 3 is 2.69 bits per heavy atom. The number of hydrogen-bond acceptors (Lipinski definition) is 2. The fourth-order valence-electron chi connectivity index (χ4n) is 2.58. The fourth-order valence-corrected chi connectivity index (χ4v) is 3.02. The van der Waals surface area contributed by atoms with Gasteiger partial charge in [0.05, 0.1) is 23.1 Å². The van der Waals surface area contributed by atoms with Crippen LogP contribution in [0.25, 0.3) is 0 Å². The average Bonchev–Trinajstić information content (AvgIpc) is 2.53. The minimum absolute atomic E-state index is 0.0154. The van der Waals surface area contributed by atoms with E-state index in [0.29, 0.717) is 11.5 Å². The maximum absolute atomic E-state index is 10.1. The molecule has 2 rings (SSSR count). The average molecular weight is 236 g/mol. The summed E-state index contributed by atoms with van der Waals surface area (Å²) in [7, 11) is 0. The lowest BCUT2D eigenvalue weighted by atomic mass is 9.86. The van der Waals surface area contributed by atoms with Gasteiger partial charge in [0.25, 0.3) is 0 Å². The molecule has 0 radical (unpaired) electrons. The summed E-state index contributed by atoms with van der Waals surface area (Å²) in [5, 5.41) is 18.9. The van der Waals surface area contributed by atoms with Gasteiger partial charge >= 0.3 is 0 Å². The Morgan fingerprint density at radius 2 is 2.12 bits per heavy atom. The Kier molecular flexibility index (Phi) is 3.18. The first-order valence-corrected chi connectivity index (χ1v) is 5.90. The molecule has 1 aromatic rings. The van der Waals surface area contributed by atoms with Gasteiger partial charge in [-0.1, -0.05) is 25.1 Å². The molecule has 0 aliphatic heterocycles. The smallest absolute Gasteiger partial charge is 0.0994 e. The van der Waals surface area contributed by atoms with Crippen LogP contribution in [0.15, 0.2) is 24.3 Å². The van der Waals surface area contributed by atoms with Crippen molar-refractivity contribution >= 4 is 11.6 Å². The maximum Gasteiger partial charge on any atom is 0.0994 e. The van der Waals surface area contributed by atoms with E-state index in [9.17, 15) is 5.11 Å². The molecule has 0 spiro atoms. The first-order valence-electron chi connectivity index (χ1n) is 5.46. The standard InChI is InChI=1S/C13H14ClNO/c1-8-6-11(14)13(16)12(8)10-5-3-2-4-9(10)7-15/h2-5,8,11-13,16H,6H2,1H3. The number of aliphatic hydroxyl groups excluding tert-OH is 1. The van der Waals surface area contributed by atoms with E-state index >= 15 is 0 Å². The second-order valence-corrected chi connectivity index (χ2v) is 5.00. The van der Waals surface area contributed by atoms with Crippen molar-refractivity contribution in [2.45, 2.75) is 30.7 Å². The molecule has 1 aliphatic rings. The van der Waals surface area contributed by atoms with Crippen LogP contribution in [0.5, 0.6) is 0 Å². The van der Waals surface area contributed by atoms with Gasteiger partial charge in [-0.15, -0.1) is 11.6 Å². The Labute approximate surface area is 100 Å². The molecule has 0 saturated heterocycles. The molecular weight excluding hydrogens is 222 g/mol. The molecule has 0 bridgehead atoms. The zero-order chi connectivity index (χ0) is 11.7. The van der Waals surface area contributed by atoms with Gasteiger partial charge in [0, 0.05) is 5.92 Å². The van der Waals surface area contributed by atoms with Crippen molar-refractivity contribution in [3.05, 3.63) is 35.4 Å². The van der Waals surface area contributed by atoms with E-state index in [1.54, 1.807) is 6.07 Å². The van der Waals surface area contributed by atoms with Crippen molar-refractivity contribution in [1.29, 1.82) is 5.26 Å². The summed E-state index contributed by atoms with van der Waals surface area (Å²) in [5.41, 5.74) is 1.57. The SMILES string of the molecule is CC1CC(Cl)C(O)C1c1ccccc1C#N. The summed E-state index contributed by atoms with van der Waals surface area (Å²) >= 11 is 6.06. The zero-order valence-electron chi connectivity index (χ0n) is 9.10. The van der Waals surface area contributed by atoms with Gasteiger partial charge in [-0.25, -0.2) is 0 Å². The van der Waals surface area contributed by atoms with Crippen molar-refractivity contribution < 1.29 is 5.11 Å². The minimum Gasteiger partial charge on any atom is -0.391 e. The molecule has 0 aromatic heterocycles. The number of nitriles is 1. The molecule has 1 aromatic carbocycles. The van der Waals surface area contributed by atoms with Crippen molar-refractivity contribution in [1.82, 2.24) is 0 Å². The van der Waals surface area contributed by atoms with Crippen molar-refractivity contribution in [3.63, 3.8) is 0 Å². The Balaban J connectivity index is 2.41. The molecule has 2 nitrogen and oxygen atoms in total. The molecule has 0 heterocycles. The highest BCUT2D eigenvalue weighted by molar-refractivity contribution is 6.21. The lowest BCUT2D eigenvalue weighted by molar-refractivity contribution is 0.159. The monoisotopic (exact) mass is 235 g/mol. The van der Waals surface area contributed by atoms with Gasteiger partial charge in [-0.2, -0.15) is 5.26 Å². The summed E-state index contributed by atoms with van der Waals surface area (Å²) in [5.74, 6) is 0.297. The van der Waals surface area contributed by atoms with Gasteiger partial charge in [-0.3, -0.25) is 0 Å². The van der Waals surface area contributed by atoms with Crippen LogP contribution in [0.2, 0.25) is 0 Å². The summed E-state index contributed by atoms with van der Waals surface area (Å²) in [4.78, 5) is 0. The number of nitrogens with zero attached hydrogens (tertiary/aromatic N) is 1. The van der Waals surface area contributed by atoms with Crippen LogP contribution in [0.1, 0.15) is 30.4 Å². The van der Waals surface area contributed by atoms with E-state index in [2.05, 4.69) is 13.0 Å². The number of halogens is 1. The Bertz CT molecular complexity index is 426. The van der Waals surface area contributed by atoms with Gasteiger partial charge in [0.2, 0.25) is 0 Å². The lowest BCUT2D eigenvalue weighted by Crippen LogP contribution is -2.21. The predicted octanol–water partition coefficient (Wildman–Crippen LogP) is 2.65. The van der Waals surface area contributed by atoms with E-state index < -0.39 is 6.10 Å². The summed E-state index contributed by atoms with van der Waals surface area (Å²) in [6.45, 7) is 2.07. The molecule has 1 N–H and O–H groups in total. The highest BCUT2D eigenvalue weighted by Gasteiger charge is 2.40. The second kappa shape index (κ2) is 4.45. The van der Waals surface area contributed by atoms with E-state index in [1.807, 2.05) is 18.2 Å². The third kappa shape index (κ3) is 1.81. The molecule has 3 heteroatoms. The number of hydrogen-bond donors (Lipinski definition) is 1. The van der Waals surface area contributed by atoms with Gasteiger partial charge < -0.3 is 5.11 Å². The number of alkyl halides is 1. The second-order valence-electron chi connectivity index (χ2n) is 4.44. The molecule has 4 atom stereocenters. The number of benzene rings is 1.